The molecule has 0 saturated heterocycles. The molecule has 28 heavy (non-hydrogen) atoms. The molecule has 2 aromatic carbocycles. The maximum atomic E-state index is 13.2. The van der Waals surface area contributed by atoms with Crippen LogP contribution in [0.15, 0.2) is 54.6 Å². The van der Waals surface area contributed by atoms with E-state index in [1.807, 2.05) is 69.3 Å². The van der Waals surface area contributed by atoms with Crippen LogP contribution in [0.1, 0.15) is 38.3 Å². The molecule has 2 amide bonds. The molecule has 2 rings (SSSR count). The molecule has 0 saturated carbocycles. The Kier molecular flexibility index (Phi) is 8.52. The van der Waals surface area contributed by atoms with Gasteiger partial charge in [0.25, 0.3) is 0 Å². The highest BCUT2D eigenvalue weighted by Crippen LogP contribution is 2.20. The molecule has 1 N–H and O–H groups in total. The Labute approximate surface area is 172 Å². The van der Waals surface area contributed by atoms with Crippen LogP contribution in [0.5, 0.6) is 0 Å². The summed E-state index contributed by atoms with van der Waals surface area (Å²) in [6.45, 7) is 6.91. The first-order valence-electron chi connectivity index (χ1n) is 9.76. The van der Waals surface area contributed by atoms with Crippen LogP contribution in [0.4, 0.5) is 0 Å². The summed E-state index contributed by atoms with van der Waals surface area (Å²) in [6, 6.07) is 16.5. The number of nitrogens with zero attached hydrogens (tertiary/aromatic N) is 1. The molecule has 5 heteroatoms. The van der Waals surface area contributed by atoms with Crippen molar-refractivity contribution in [3.05, 3.63) is 70.7 Å². The Morgan fingerprint density at radius 3 is 2.29 bits per heavy atom. The van der Waals surface area contributed by atoms with Gasteiger partial charge in [0.1, 0.15) is 6.04 Å². The van der Waals surface area contributed by atoms with E-state index in [0.717, 1.165) is 11.1 Å². The zero-order chi connectivity index (χ0) is 20.5. The van der Waals surface area contributed by atoms with Gasteiger partial charge in [-0.05, 0) is 29.5 Å². The molecule has 0 radical (unpaired) electrons. The summed E-state index contributed by atoms with van der Waals surface area (Å²) in [5, 5.41) is 3.56. The van der Waals surface area contributed by atoms with Crippen molar-refractivity contribution < 1.29 is 9.59 Å². The highest BCUT2D eigenvalue weighted by atomic mass is 35.5. The van der Waals surface area contributed by atoms with Crippen LogP contribution in [-0.4, -0.2) is 29.3 Å². The second-order valence-electron chi connectivity index (χ2n) is 7.34. The van der Waals surface area contributed by atoms with E-state index in [9.17, 15) is 9.59 Å². The summed E-state index contributed by atoms with van der Waals surface area (Å²) in [6.07, 6.45) is 0.786. The van der Waals surface area contributed by atoms with E-state index in [2.05, 4.69) is 5.32 Å². The molecule has 0 aliphatic rings. The van der Waals surface area contributed by atoms with Gasteiger partial charge in [-0.1, -0.05) is 80.9 Å². The maximum Gasteiger partial charge on any atom is 0.242 e. The number of hydrogen-bond donors (Lipinski definition) is 1. The van der Waals surface area contributed by atoms with E-state index in [1.165, 1.54) is 0 Å². The molecule has 1 atom stereocenters. The summed E-state index contributed by atoms with van der Waals surface area (Å²) in [4.78, 5) is 27.6. The lowest BCUT2D eigenvalue weighted by Crippen LogP contribution is -2.50. The van der Waals surface area contributed by atoms with Crippen molar-refractivity contribution in [2.75, 3.05) is 6.54 Å². The first kappa shape index (κ1) is 22.0. The van der Waals surface area contributed by atoms with Gasteiger partial charge < -0.3 is 10.2 Å². The van der Waals surface area contributed by atoms with Gasteiger partial charge in [-0.25, -0.2) is 0 Å². The minimum absolute atomic E-state index is 0.0855. The van der Waals surface area contributed by atoms with E-state index in [-0.39, 0.29) is 18.2 Å². The quantitative estimate of drug-likeness (QED) is 0.675. The molecular formula is C23H29ClN2O2. The lowest BCUT2D eigenvalue weighted by Gasteiger charge is -2.31. The Bertz CT molecular complexity index is 777. The van der Waals surface area contributed by atoms with Crippen molar-refractivity contribution >= 4 is 23.4 Å². The minimum Gasteiger partial charge on any atom is -0.354 e. The lowest BCUT2D eigenvalue weighted by atomic mass is 10.1. The molecular weight excluding hydrogens is 372 g/mol. The molecule has 1 unspecified atom stereocenters. The molecule has 0 heterocycles. The SMILES string of the molecule is CCC(C(=O)NCC(C)C)N(Cc1ccccc1Cl)C(=O)Cc1ccccc1. The highest BCUT2D eigenvalue weighted by Gasteiger charge is 2.29. The van der Waals surface area contributed by atoms with Crippen molar-refractivity contribution in [3.63, 3.8) is 0 Å². The molecule has 0 bridgehead atoms. The first-order chi connectivity index (χ1) is 13.4. The second kappa shape index (κ2) is 10.9. The van der Waals surface area contributed by atoms with E-state index >= 15 is 0 Å². The number of nitrogens with one attached hydrogen (secondary N) is 1. The Morgan fingerprint density at radius 2 is 1.68 bits per heavy atom. The summed E-state index contributed by atoms with van der Waals surface area (Å²) < 4.78 is 0. The molecule has 0 fully saturated rings. The number of hydrogen-bond acceptors (Lipinski definition) is 2. The largest absolute Gasteiger partial charge is 0.354 e. The van der Waals surface area contributed by atoms with Gasteiger partial charge in [0.2, 0.25) is 11.8 Å². The predicted molar refractivity (Wildman–Crippen MR) is 114 cm³/mol. The smallest absolute Gasteiger partial charge is 0.242 e. The number of benzene rings is 2. The molecule has 0 aliphatic heterocycles. The van der Waals surface area contributed by atoms with Gasteiger partial charge in [0.05, 0.1) is 6.42 Å². The minimum atomic E-state index is -0.536. The average molecular weight is 401 g/mol. The number of amides is 2. The third-order valence-electron chi connectivity index (χ3n) is 4.57. The number of carbonyl (C=O) groups excluding carboxylic acids is 2. The number of halogens is 1. The summed E-state index contributed by atoms with van der Waals surface area (Å²) >= 11 is 6.32. The van der Waals surface area contributed by atoms with Gasteiger partial charge in [-0.3, -0.25) is 9.59 Å². The molecule has 2 aromatic rings. The fourth-order valence-electron chi connectivity index (χ4n) is 3.02. The summed E-state index contributed by atoms with van der Waals surface area (Å²) in [7, 11) is 0. The molecule has 0 aliphatic carbocycles. The van der Waals surface area contributed by atoms with Crippen molar-refractivity contribution in [3.8, 4) is 0 Å². The standard InChI is InChI=1S/C23H29ClN2O2/c1-4-21(23(28)25-15-17(2)3)26(16-19-12-8-9-13-20(19)24)22(27)14-18-10-6-5-7-11-18/h5-13,17,21H,4,14-16H2,1-3H3,(H,25,28). The Hall–Kier alpha value is -2.33. The number of carbonyl (C=O) groups is 2. The number of rotatable bonds is 9. The second-order valence-corrected chi connectivity index (χ2v) is 7.75. The van der Waals surface area contributed by atoms with Crippen LogP contribution >= 0.6 is 11.6 Å². The van der Waals surface area contributed by atoms with Crippen molar-refractivity contribution in [1.82, 2.24) is 10.2 Å². The third-order valence-corrected chi connectivity index (χ3v) is 4.94. The fourth-order valence-corrected chi connectivity index (χ4v) is 3.22. The summed E-state index contributed by atoms with van der Waals surface area (Å²) in [5.74, 6) is 0.140. The molecule has 150 valence electrons. The van der Waals surface area contributed by atoms with Crippen LogP contribution in [0.25, 0.3) is 0 Å². The normalized spacial score (nSPS) is 11.9. The molecule has 0 aromatic heterocycles. The van der Waals surface area contributed by atoms with Crippen LogP contribution < -0.4 is 5.32 Å². The third kappa shape index (κ3) is 6.38. The zero-order valence-electron chi connectivity index (χ0n) is 16.8. The van der Waals surface area contributed by atoms with Crippen molar-refractivity contribution in [2.45, 2.75) is 46.2 Å². The zero-order valence-corrected chi connectivity index (χ0v) is 17.6. The highest BCUT2D eigenvalue weighted by molar-refractivity contribution is 6.31. The Balaban J connectivity index is 2.26. The van der Waals surface area contributed by atoms with Gasteiger partial charge >= 0.3 is 0 Å². The molecule has 0 spiro atoms. The van der Waals surface area contributed by atoms with E-state index < -0.39 is 6.04 Å². The van der Waals surface area contributed by atoms with E-state index in [4.69, 9.17) is 11.6 Å². The van der Waals surface area contributed by atoms with E-state index in [1.54, 1.807) is 11.0 Å². The van der Waals surface area contributed by atoms with Gasteiger partial charge in [-0.2, -0.15) is 0 Å². The molecule has 4 nitrogen and oxygen atoms in total. The van der Waals surface area contributed by atoms with Crippen LogP contribution in [0, 0.1) is 5.92 Å². The predicted octanol–water partition coefficient (Wildman–Crippen LogP) is 4.46. The van der Waals surface area contributed by atoms with Gasteiger partial charge in [-0.15, -0.1) is 0 Å². The van der Waals surface area contributed by atoms with Crippen LogP contribution in [0.3, 0.4) is 0 Å². The van der Waals surface area contributed by atoms with Crippen molar-refractivity contribution in [1.29, 1.82) is 0 Å². The fraction of sp³-hybridized carbons (Fsp3) is 0.391. The van der Waals surface area contributed by atoms with Crippen molar-refractivity contribution in [2.24, 2.45) is 5.92 Å². The van der Waals surface area contributed by atoms with Crippen LogP contribution in [0.2, 0.25) is 5.02 Å². The summed E-state index contributed by atoms with van der Waals surface area (Å²) in [5.41, 5.74) is 1.76. The topological polar surface area (TPSA) is 49.4 Å². The first-order valence-corrected chi connectivity index (χ1v) is 10.1. The lowest BCUT2D eigenvalue weighted by molar-refractivity contribution is -0.141. The average Bonchev–Trinajstić information content (AvgIpc) is 2.68. The van der Waals surface area contributed by atoms with Crippen LogP contribution in [-0.2, 0) is 22.6 Å². The maximum absolute atomic E-state index is 13.2. The van der Waals surface area contributed by atoms with Gasteiger partial charge in [0.15, 0.2) is 0 Å². The monoisotopic (exact) mass is 400 g/mol. The van der Waals surface area contributed by atoms with E-state index in [0.29, 0.717) is 30.5 Å². The Morgan fingerprint density at radius 1 is 1.04 bits per heavy atom. The van der Waals surface area contributed by atoms with Gasteiger partial charge in [0, 0.05) is 18.1 Å².